The highest BCUT2D eigenvalue weighted by molar-refractivity contribution is 6.77. The largest absolute Gasteiger partial charge is 0.466 e. The van der Waals surface area contributed by atoms with Gasteiger partial charge in [0.25, 0.3) is 0 Å². The molecule has 0 aromatic rings. The monoisotopic (exact) mass is 1070 g/mol. The Labute approximate surface area is 449 Å². The van der Waals surface area contributed by atoms with Crippen LogP contribution in [0.4, 0.5) is 0 Å². The van der Waals surface area contributed by atoms with Crippen molar-refractivity contribution < 1.29 is 57.4 Å². The maximum atomic E-state index is 11.8. The first-order chi connectivity index (χ1) is 33.9. The maximum Gasteiger partial charge on any atom is 0.330 e. The van der Waals surface area contributed by atoms with Gasteiger partial charge in [-0.05, 0) is 85.6 Å². The van der Waals surface area contributed by atoms with Crippen molar-refractivity contribution in [2.45, 2.75) is 258 Å². The summed E-state index contributed by atoms with van der Waals surface area (Å²) in [6.45, 7) is 40.1. The van der Waals surface area contributed by atoms with E-state index in [9.17, 15) is 20.1 Å². The van der Waals surface area contributed by atoms with Gasteiger partial charge in [0.15, 0.2) is 16.6 Å². The lowest BCUT2D eigenvalue weighted by Crippen LogP contribution is -2.48. The van der Waals surface area contributed by atoms with Gasteiger partial charge >= 0.3 is 5.97 Å². The summed E-state index contributed by atoms with van der Waals surface area (Å²) in [6, 6.07) is 0. The molecule has 0 bridgehead atoms. The van der Waals surface area contributed by atoms with Crippen LogP contribution in [0, 0.1) is 35.5 Å². The summed E-state index contributed by atoms with van der Waals surface area (Å²) in [6.07, 6.45) is 11.6. The van der Waals surface area contributed by atoms with Gasteiger partial charge in [-0.2, -0.15) is 0 Å². The number of hydrogen-bond acceptors (Lipinski definition) is 12. The molecular weight excluding hydrogens is 957 g/mol. The standard InChI is InChI=1S/C59H114O12Si2/c1-38(2)73(39(3)4,40(5)6)69-34-33-43(9)58(68-21)44(10)51(60)31-29-42(8)56(62)47(13)57(63)46(12)54(66-19)37-53(65-18)45(11)52(64-17)36-49-26-24-25-48(70-49)35-50(71-72(22,23)59(14,15)16)30-27-41(7)28-32-55(61)67-20/h24-25,27-28,32,38-40,42-54,56-58,60,62-63H,26,29-31,33-37H2,1-23H3/b32-28+,41-27+/t42-,43+,44-,45+,46-,47-,48-,49-,50-,51-,52-,53-,54+,56-,57-,58+/m0/s1. The van der Waals surface area contributed by atoms with Gasteiger partial charge in [0.1, 0.15) is 0 Å². The lowest BCUT2D eigenvalue weighted by Gasteiger charge is -2.42. The lowest BCUT2D eigenvalue weighted by molar-refractivity contribution is -0.134. The molecule has 73 heavy (non-hydrogen) atoms. The summed E-state index contributed by atoms with van der Waals surface area (Å²) < 4.78 is 49.9. The third-order valence-corrected chi connectivity index (χ3v) is 28.3. The van der Waals surface area contributed by atoms with E-state index in [1.807, 2.05) is 27.7 Å². The molecule has 430 valence electrons. The van der Waals surface area contributed by atoms with Crippen molar-refractivity contribution in [1.29, 1.82) is 0 Å². The molecule has 14 heteroatoms. The molecule has 0 aromatic carbocycles. The van der Waals surface area contributed by atoms with Gasteiger partial charge in [0.2, 0.25) is 0 Å². The quantitative estimate of drug-likeness (QED) is 0.0180. The number of hydrogen-bond donors (Lipinski definition) is 3. The Balaban J connectivity index is 2.98. The van der Waals surface area contributed by atoms with Crippen LogP contribution < -0.4 is 0 Å². The third-order valence-electron chi connectivity index (χ3n) is 17.6. The molecule has 0 fully saturated rings. The van der Waals surface area contributed by atoms with Crippen molar-refractivity contribution in [3.05, 3.63) is 36.0 Å². The Morgan fingerprint density at radius 2 is 1.26 bits per heavy atom. The molecule has 0 aliphatic carbocycles. The summed E-state index contributed by atoms with van der Waals surface area (Å²) in [5.74, 6) is -1.22. The van der Waals surface area contributed by atoms with Crippen LogP contribution in [-0.4, -0.2) is 141 Å². The van der Waals surface area contributed by atoms with Crippen LogP contribution in [0.5, 0.6) is 0 Å². The van der Waals surface area contributed by atoms with Gasteiger partial charge < -0.3 is 52.6 Å². The molecular formula is C59H114O12Si2. The number of esters is 1. The fraction of sp³-hybridized carbons (Fsp3) is 0.881. The van der Waals surface area contributed by atoms with Gasteiger partial charge in [-0.3, -0.25) is 0 Å². The first-order valence-corrected chi connectivity index (χ1v) is 33.2. The van der Waals surface area contributed by atoms with E-state index >= 15 is 0 Å². The van der Waals surface area contributed by atoms with E-state index in [1.165, 1.54) is 13.2 Å². The normalized spacial score (nSPS) is 22.4. The number of carbonyl (C=O) groups excluding carboxylic acids is 1. The Hall–Kier alpha value is -1.28. The molecule has 12 nitrogen and oxygen atoms in total. The van der Waals surface area contributed by atoms with E-state index in [4.69, 9.17) is 37.3 Å². The average Bonchev–Trinajstić information content (AvgIpc) is 3.33. The smallest absolute Gasteiger partial charge is 0.330 e. The molecule has 0 saturated heterocycles. The van der Waals surface area contributed by atoms with Crippen LogP contribution in [0.3, 0.4) is 0 Å². The molecule has 0 amide bonds. The number of aliphatic hydroxyl groups is 3. The minimum atomic E-state index is -2.12. The molecule has 1 heterocycles. The average molecular weight is 1070 g/mol. The van der Waals surface area contributed by atoms with Crippen molar-refractivity contribution in [1.82, 2.24) is 0 Å². The molecule has 0 unspecified atom stereocenters. The van der Waals surface area contributed by atoms with Crippen LogP contribution >= 0.6 is 0 Å². The van der Waals surface area contributed by atoms with Crippen molar-refractivity contribution in [3.63, 3.8) is 0 Å². The number of carbonyl (C=O) groups is 1. The zero-order valence-electron chi connectivity index (χ0n) is 50.7. The Morgan fingerprint density at radius 1 is 0.699 bits per heavy atom. The zero-order valence-corrected chi connectivity index (χ0v) is 52.7. The molecule has 1 aliphatic rings. The van der Waals surface area contributed by atoms with E-state index in [2.05, 4.69) is 114 Å². The van der Waals surface area contributed by atoms with Gasteiger partial charge in [-0.1, -0.05) is 134 Å². The van der Waals surface area contributed by atoms with E-state index in [1.54, 1.807) is 34.5 Å². The number of ether oxygens (including phenoxy) is 6. The SMILES string of the molecule is COC(=O)/C=C/C(C)=C/C[C@@H](C[C@@H]1C=CC[C@@H](C[C@H](OC)[C@@H](C)[C@H](C[C@@H](OC)[C@H](C)[C@H](O)[C@@H](C)[C@@H](O)[C@@H](C)CC[C@H](O)[C@H](C)[C@H](OC)[C@H](C)CCO[Si](C(C)C)(C(C)C)C(C)C)OC)O1)O[Si](C)(C)C(C)(C)C. The maximum absolute atomic E-state index is 11.8. The highest BCUT2D eigenvalue weighted by Crippen LogP contribution is 2.43. The van der Waals surface area contributed by atoms with Crippen LogP contribution in [0.15, 0.2) is 36.0 Å². The fourth-order valence-corrected chi connectivity index (χ4v) is 18.4. The second-order valence-electron chi connectivity index (χ2n) is 24.7. The molecule has 1 rings (SSSR count). The molecule has 0 radical (unpaired) electrons. The Kier molecular flexibility index (Phi) is 31.7. The van der Waals surface area contributed by atoms with Crippen LogP contribution in [-0.2, 0) is 42.1 Å². The Morgan fingerprint density at radius 3 is 1.77 bits per heavy atom. The number of aliphatic hydroxyl groups excluding tert-OH is 3. The van der Waals surface area contributed by atoms with Crippen molar-refractivity contribution in [2.75, 3.05) is 42.2 Å². The highest BCUT2D eigenvalue weighted by atomic mass is 28.4. The summed E-state index contributed by atoms with van der Waals surface area (Å²) in [5, 5.41) is 35.0. The van der Waals surface area contributed by atoms with Crippen LogP contribution in [0.25, 0.3) is 0 Å². The van der Waals surface area contributed by atoms with Gasteiger partial charge in [-0.15, -0.1) is 0 Å². The van der Waals surface area contributed by atoms with E-state index in [0.29, 0.717) is 61.8 Å². The van der Waals surface area contributed by atoms with Crippen LogP contribution in [0.1, 0.15) is 162 Å². The summed E-state index contributed by atoms with van der Waals surface area (Å²) in [4.78, 5) is 11.7. The summed E-state index contributed by atoms with van der Waals surface area (Å²) in [5.41, 5.74) is 2.54. The highest BCUT2D eigenvalue weighted by Gasteiger charge is 2.46. The fourth-order valence-electron chi connectivity index (χ4n) is 11.6. The number of rotatable bonds is 36. The molecule has 0 saturated carbocycles. The molecule has 0 aromatic heterocycles. The minimum absolute atomic E-state index is 0.0302. The molecule has 1 aliphatic heterocycles. The van der Waals surface area contributed by atoms with E-state index in [-0.39, 0.29) is 83.3 Å². The van der Waals surface area contributed by atoms with Gasteiger partial charge in [0.05, 0.1) is 68.1 Å². The third kappa shape index (κ3) is 21.5. The van der Waals surface area contributed by atoms with Crippen molar-refractivity contribution in [2.24, 2.45) is 35.5 Å². The molecule has 3 N–H and O–H groups in total. The van der Waals surface area contributed by atoms with E-state index < -0.39 is 40.9 Å². The topological polar surface area (TPSA) is 152 Å². The first kappa shape index (κ1) is 69.7. The van der Waals surface area contributed by atoms with Gasteiger partial charge in [0, 0.05) is 84.1 Å². The lowest BCUT2D eigenvalue weighted by atomic mass is 9.78. The van der Waals surface area contributed by atoms with Gasteiger partial charge in [-0.25, -0.2) is 4.79 Å². The Bertz CT molecular complexity index is 1590. The van der Waals surface area contributed by atoms with Crippen molar-refractivity contribution >= 4 is 22.6 Å². The second-order valence-corrected chi connectivity index (χ2v) is 34.9. The van der Waals surface area contributed by atoms with Crippen LogP contribution in [0.2, 0.25) is 34.8 Å². The predicted molar refractivity (Wildman–Crippen MR) is 305 cm³/mol. The number of allylic oxidation sites excluding steroid dienone is 2. The zero-order chi connectivity index (χ0) is 56.2. The molecule has 0 spiro atoms. The predicted octanol–water partition coefficient (Wildman–Crippen LogP) is 12.6. The second kappa shape index (κ2) is 33.2. The van der Waals surface area contributed by atoms with Crippen molar-refractivity contribution in [3.8, 4) is 0 Å². The summed E-state index contributed by atoms with van der Waals surface area (Å²) >= 11 is 0. The first-order valence-electron chi connectivity index (χ1n) is 28.1. The minimum Gasteiger partial charge on any atom is -0.466 e. The number of methoxy groups -OCH3 is 5. The van der Waals surface area contributed by atoms with E-state index in [0.717, 1.165) is 18.4 Å². The summed E-state index contributed by atoms with van der Waals surface area (Å²) in [7, 11) is 4.15. The molecule has 16 atom stereocenters.